The molecule has 0 spiro atoms. The van der Waals surface area contributed by atoms with Crippen LogP contribution in [0.15, 0.2) is 36.4 Å². The number of ether oxygens (including phenoxy) is 2. The van der Waals surface area contributed by atoms with Gasteiger partial charge in [-0.2, -0.15) is 0 Å². The molecule has 27 heavy (non-hydrogen) atoms. The summed E-state index contributed by atoms with van der Waals surface area (Å²) in [6.45, 7) is 4.01. The number of benzene rings is 2. The molecule has 0 aliphatic heterocycles. The standard InChI is InChI=1S/C21H21FO5/c1-12(2)27-16-4-5-19(22)17(9-16)13-3-6-20(14(7-13)10-23)26-11-15-8-18(15)21(24)25/h3-7,9-10,12,15,18H,8,11H2,1-2H3,(H,24,25). The first-order valence-electron chi connectivity index (χ1n) is 8.80. The molecule has 0 heterocycles. The lowest BCUT2D eigenvalue weighted by Crippen LogP contribution is -2.07. The van der Waals surface area contributed by atoms with Gasteiger partial charge in [-0.05, 0) is 56.2 Å². The van der Waals surface area contributed by atoms with Gasteiger partial charge in [0.1, 0.15) is 17.3 Å². The Morgan fingerprint density at radius 3 is 2.70 bits per heavy atom. The third-order valence-electron chi connectivity index (χ3n) is 4.45. The summed E-state index contributed by atoms with van der Waals surface area (Å²) in [6.07, 6.45) is 1.19. The highest BCUT2D eigenvalue weighted by molar-refractivity contribution is 5.83. The van der Waals surface area contributed by atoms with E-state index in [1.165, 1.54) is 6.07 Å². The van der Waals surface area contributed by atoms with Crippen molar-refractivity contribution in [2.24, 2.45) is 11.8 Å². The molecule has 0 bridgehead atoms. The quantitative estimate of drug-likeness (QED) is 0.704. The highest BCUT2D eigenvalue weighted by Crippen LogP contribution is 2.39. The Balaban J connectivity index is 1.80. The van der Waals surface area contributed by atoms with Crippen molar-refractivity contribution in [2.45, 2.75) is 26.4 Å². The fraction of sp³-hybridized carbons (Fsp3) is 0.333. The van der Waals surface area contributed by atoms with Crippen LogP contribution in [0.2, 0.25) is 0 Å². The molecule has 2 atom stereocenters. The van der Waals surface area contributed by atoms with E-state index in [0.29, 0.717) is 35.3 Å². The number of aldehydes is 1. The van der Waals surface area contributed by atoms with E-state index in [1.54, 1.807) is 30.3 Å². The number of carboxylic acids is 1. The van der Waals surface area contributed by atoms with Gasteiger partial charge in [-0.25, -0.2) is 4.39 Å². The molecular formula is C21H21FO5. The predicted molar refractivity (Wildman–Crippen MR) is 97.7 cm³/mol. The Kier molecular flexibility index (Phi) is 5.44. The van der Waals surface area contributed by atoms with Crippen LogP contribution in [0.25, 0.3) is 11.1 Å². The third-order valence-corrected chi connectivity index (χ3v) is 4.45. The second-order valence-electron chi connectivity index (χ2n) is 6.93. The molecule has 1 aliphatic rings. The largest absolute Gasteiger partial charge is 0.493 e. The number of hydrogen-bond acceptors (Lipinski definition) is 4. The minimum atomic E-state index is -0.825. The molecular weight excluding hydrogens is 351 g/mol. The van der Waals surface area contributed by atoms with Gasteiger partial charge >= 0.3 is 5.97 Å². The van der Waals surface area contributed by atoms with Gasteiger partial charge in [0, 0.05) is 11.5 Å². The fourth-order valence-corrected chi connectivity index (χ4v) is 2.94. The second-order valence-corrected chi connectivity index (χ2v) is 6.93. The van der Waals surface area contributed by atoms with Gasteiger partial charge in [-0.15, -0.1) is 0 Å². The first-order valence-corrected chi connectivity index (χ1v) is 8.80. The predicted octanol–water partition coefficient (Wildman–Crippen LogP) is 4.19. The van der Waals surface area contributed by atoms with Crippen molar-refractivity contribution in [3.05, 3.63) is 47.8 Å². The summed E-state index contributed by atoms with van der Waals surface area (Å²) in [5.74, 6) is -0.749. The average Bonchev–Trinajstić information content (AvgIpc) is 3.41. The minimum absolute atomic E-state index is 0.0380. The summed E-state index contributed by atoms with van der Waals surface area (Å²) < 4.78 is 25.5. The van der Waals surface area contributed by atoms with E-state index in [1.807, 2.05) is 13.8 Å². The SMILES string of the molecule is CC(C)Oc1ccc(F)c(-c2ccc(OCC3CC3C(=O)O)c(C=O)c2)c1. The second kappa shape index (κ2) is 7.78. The zero-order valence-electron chi connectivity index (χ0n) is 15.1. The molecule has 1 aliphatic carbocycles. The first-order chi connectivity index (χ1) is 12.9. The normalized spacial score (nSPS) is 18.2. The monoisotopic (exact) mass is 372 g/mol. The van der Waals surface area contributed by atoms with Crippen molar-refractivity contribution in [1.29, 1.82) is 0 Å². The fourth-order valence-electron chi connectivity index (χ4n) is 2.94. The number of halogens is 1. The molecule has 3 rings (SSSR count). The Labute approximate surface area is 156 Å². The zero-order valence-corrected chi connectivity index (χ0v) is 15.1. The van der Waals surface area contributed by atoms with Gasteiger partial charge in [0.25, 0.3) is 0 Å². The third kappa shape index (κ3) is 4.45. The molecule has 0 saturated heterocycles. The van der Waals surface area contributed by atoms with E-state index in [0.717, 1.165) is 0 Å². The highest BCUT2D eigenvalue weighted by atomic mass is 19.1. The lowest BCUT2D eigenvalue weighted by atomic mass is 10.0. The molecule has 0 radical (unpaired) electrons. The lowest BCUT2D eigenvalue weighted by Gasteiger charge is -2.13. The highest BCUT2D eigenvalue weighted by Gasteiger charge is 2.43. The van der Waals surface area contributed by atoms with Crippen molar-refractivity contribution in [1.82, 2.24) is 0 Å². The van der Waals surface area contributed by atoms with Crippen molar-refractivity contribution >= 4 is 12.3 Å². The molecule has 1 fully saturated rings. The zero-order chi connectivity index (χ0) is 19.6. The molecule has 0 amide bonds. The Hall–Kier alpha value is -2.89. The maximum atomic E-state index is 14.3. The summed E-state index contributed by atoms with van der Waals surface area (Å²) in [6, 6.07) is 9.32. The van der Waals surface area contributed by atoms with E-state index < -0.39 is 11.8 Å². The summed E-state index contributed by atoms with van der Waals surface area (Å²) in [5, 5.41) is 8.93. The Morgan fingerprint density at radius 1 is 1.30 bits per heavy atom. The molecule has 2 unspecified atom stereocenters. The van der Waals surface area contributed by atoms with E-state index in [9.17, 15) is 14.0 Å². The van der Waals surface area contributed by atoms with Crippen LogP contribution >= 0.6 is 0 Å². The Bertz CT molecular complexity index is 862. The van der Waals surface area contributed by atoms with Crippen LogP contribution in [0, 0.1) is 17.7 Å². The number of carboxylic acid groups (broad SMARTS) is 1. The maximum absolute atomic E-state index is 14.3. The van der Waals surface area contributed by atoms with Gasteiger partial charge in [0.05, 0.1) is 24.2 Å². The van der Waals surface area contributed by atoms with E-state index >= 15 is 0 Å². The molecule has 0 aromatic heterocycles. The number of carbonyl (C=O) groups is 2. The topological polar surface area (TPSA) is 72.8 Å². The summed E-state index contributed by atoms with van der Waals surface area (Å²) in [5.41, 5.74) is 1.15. The summed E-state index contributed by atoms with van der Waals surface area (Å²) in [4.78, 5) is 22.3. The van der Waals surface area contributed by atoms with Gasteiger partial charge in [-0.3, -0.25) is 9.59 Å². The molecule has 5 nitrogen and oxygen atoms in total. The van der Waals surface area contributed by atoms with Gasteiger partial charge in [0.15, 0.2) is 6.29 Å². The molecule has 6 heteroatoms. The van der Waals surface area contributed by atoms with E-state index in [-0.39, 0.29) is 30.1 Å². The molecule has 1 saturated carbocycles. The molecule has 1 N–H and O–H groups in total. The smallest absolute Gasteiger partial charge is 0.306 e. The van der Waals surface area contributed by atoms with Gasteiger partial charge < -0.3 is 14.6 Å². The molecule has 142 valence electrons. The van der Waals surface area contributed by atoms with Crippen molar-refractivity contribution in [3.63, 3.8) is 0 Å². The van der Waals surface area contributed by atoms with Crippen LogP contribution in [-0.4, -0.2) is 30.1 Å². The minimum Gasteiger partial charge on any atom is -0.493 e. The first kappa shape index (κ1) is 18.9. The number of carbonyl (C=O) groups excluding carboxylic acids is 1. The maximum Gasteiger partial charge on any atom is 0.306 e. The summed E-state index contributed by atoms with van der Waals surface area (Å²) >= 11 is 0. The van der Waals surface area contributed by atoms with Crippen LogP contribution in [-0.2, 0) is 4.79 Å². The Morgan fingerprint density at radius 2 is 2.07 bits per heavy atom. The van der Waals surface area contributed by atoms with Crippen LogP contribution in [0.1, 0.15) is 30.6 Å². The van der Waals surface area contributed by atoms with Crippen LogP contribution in [0.3, 0.4) is 0 Å². The van der Waals surface area contributed by atoms with Crippen LogP contribution in [0.5, 0.6) is 11.5 Å². The van der Waals surface area contributed by atoms with Crippen molar-refractivity contribution < 1.29 is 28.6 Å². The molecule has 2 aromatic carbocycles. The van der Waals surface area contributed by atoms with E-state index in [2.05, 4.69) is 0 Å². The molecule has 2 aromatic rings. The van der Waals surface area contributed by atoms with Gasteiger partial charge in [-0.1, -0.05) is 6.07 Å². The van der Waals surface area contributed by atoms with Gasteiger partial charge in [0.2, 0.25) is 0 Å². The number of aliphatic carboxylic acids is 1. The lowest BCUT2D eigenvalue weighted by molar-refractivity contribution is -0.138. The number of hydrogen-bond donors (Lipinski definition) is 1. The van der Waals surface area contributed by atoms with Crippen LogP contribution in [0.4, 0.5) is 4.39 Å². The van der Waals surface area contributed by atoms with E-state index in [4.69, 9.17) is 14.6 Å². The van der Waals surface area contributed by atoms with Crippen molar-refractivity contribution in [2.75, 3.05) is 6.61 Å². The van der Waals surface area contributed by atoms with Crippen molar-refractivity contribution in [3.8, 4) is 22.6 Å². The average molecular weight is 372 g/mol. The summed E-state index contributed by atoms with van der Waals surface area (Å²) in [7, 11) is 0. The van der Waals surface area contributed by atoms with Crippen LogP contribution < -0.4 is 9.47 Å². The number of rotatable bonds is 8.